The lowest BCUT2D eigenvalue weighted by Gasteiger charge is -2.32. The number of carbonyl (C=O) groups excluding carboxylic acids is 1. The van der Waals surface area contributed by atoms with Crippen molar-refractivity contribution in [1.82, 2.24) is 4.90 Å². The van der Waals surface area contributed by atoms with Crippen LogP contribution in [0, 0.1) is 5.92 Å². The summed E-state index contributed by atoms with van der Waals surface area (Å²) in [4.78, 5) is 15.2. The van der Waals surface area contributed by atoms with Gasteiger partial charge in [-0.1, -0.05) is 36.4 Å². The van der Waals surface area contributed by atoms with E-state index in [-0.39, 0.29) is 17.9 Å². The van der Waals surface area contributed by atoms with Crippen LogP contribution in [-0.2, 0) is 16.1 Å². The van der Waals surface area contributed by atoms with Gasteiger partial charge in [-0.2, -0.15) is 0 Å². The topological polar surface area (TPSA) is 50.8 Å². The highest BCUT2D eigenvalue weighted by Crippen LogP contribution is 2.23. The molecule has 2 atom stereocenters. The van der Waals surface area contributed by atoms with Gasteiger partial charge in [-0.15, -0.1) is 0 Å². The molecule has 2 aromatic rings. The molecule has 2 aliphatic rings. The molecule has 29 heavy (non-hydrogen) atoms. The van der Waals surface area contributed by atoms with Crippen LogP contribution in [0.25, 0.3) is 0 Å². The number of likely N-dealkylation sites (tertiary alicyclic amines) is 1. The van der Waals surface area contributed by atoms with Crippen molar-refractivity contribution >= 4 is 11.6 Å². The predicted molar refractivity (Wildman–Crippen MR) is 114 cm³/mol. The predicted octanol–water partition coefficient (Wildman–Crippen LogP) is 4.10. The number of ether oxygens (including phenoxy) is 2. The first-order chi connectivity index (χ1) is 14.3. The van der Waals surface area contributed by atoms with E-state index in [0.717, 1.165) is 63.4 Å². The Bertz CT molecular complexity index is 790. The number of hydrogen-bond acceptors (Lipinski definition) is 4. The summed E-state index contributed by atoms with van der Waals surface area (Å²) in [5.74, 6) is 0.885. The van der Waals surface area contributed by atoms with Crippen molar-refractivity contribution in [3.63, 3.8) is 0 Å². The Morgan fingerprint density at radius 2 is 2.00 bits per heavy atom. The summed E-state index contributed by atoms with van der Waals surface area (Å²) >= 11 is 0. The summed E-state index contributed by atoms with van der Waals surface area (Å²) in [6.45, 7) is 4.14. The fourth-order valence-electron chi connectivity index (χ4n) is 4.13. The Hall–Kier alpha value is -2.37. The van der Waals surface area contributed by atoms with Gasteiger partial charge in [-0.25, -0.2) is 0 Å². The van der Waals surface area contributed by atoms with Crippen LogP contribution >= 0.6 is 0 Å². The van der Waals surface area contributed by atoms with Crippen LogP contribution in [0.5, 0.6) is 5.75 Å². The molecule has 0 radical (unpaired) electrons. The van der Waals surface area contributed by atoms with Crippen molar-refractivity contribution in [2.45, 2.75) is 38.3 Å². The molecule has 0 bridgehead atoms. The minimum Gasteiger partial charge on any atom is -0.491 e. The monoisotopic (exact) mass is 394 g/mol. The Kier molecular flexibility index (Phi) is 6.80. The van der Waals surface area contributed by atoms with Crippen LogP contribution in [0.15, 0.2) is 54.6 Å². The van der Waals surface area contributed by atoms with Crippen LogP contribution < -0.4 is 10.1 Å². The van der Waals surface area contributed by atoms with E-state index in [1.165, 1.54) is 5.56 Å². The largest absolute Gasteiger partial charge is 0.491 e. The van der Waals surface area contributed by atoms with Gasteiger partial charge in [0.1, 0.15) is 12.4 Å². The molecule has 2 unspecified atom stereocenters. The molecular formula is C24H30N2O3. The molecule has 2 fully saturated rings. The van der Waals surface area contributed by atoms with Gasteiger partial charge < -0.3 is 14.8 Å². The highest BCUT2D eigenvalue weighted by atomic mass is 16.5. The highest BCUT2D eigenvalue weighted by molar-refractivity contribution is 5.92. The van der Waals surface area contributed by atoms with Crippen molar-refractivity contribution < 1.29 is 14.3 Å². The zero-order valence-electron chi connectivity index (χ0n) is 16.9. The first-order valence-electron chi connectivity index (χ1n) is 10.7. The van der Waals surface area contributed by atoms with E-state index < -0.39 is 0 Å². The number of rotatable bonds is 7. The number of anilines is 1. The maximum absolute atomic E-state index is 12.8. The number of amides is 1. The molecule has 4 rings (SSSR count). The first kappa shape index (κ1) is 19.9. The fourth-order valence-corrected chi connectivity index (χ4v) is 4.13. The molecule has 2 aromatic carbocycles. The van der Waals surface area contributed by atoms with E-state index in [2.05, 4.69) is 34.5 Å². The molecular weight excluding hydrogens is 364 g/mol. The molecule has 154 valence electrons. The van der Waals surface area contributed by atoms with Gasteiger partial charge >= 0.3 is 0 Å². The van der Waals surface area contributed by atoms with Crippen molar-refractivity contribution in [2.75, 3.05) is 31.6 Å². The molecule has 0 saturated carbocycles. The van der Waals surface area contributed by atoms with E-state index in [0.29, 0.717) is 6.61 Å². The zero-order chi connectivity index (χ0) is 19.9. The fraction of sp³-hybridized carbons (Fsp3) is 0.458. The lowest BCUT2D eigenvalue weighted by Crippen LogP contribution is -2.40. The summed E-state index contributed by atoms with van der Waals surface area (Å²) in [6.07, 6.45) is 4.33. The lowest BCUT2D eigenvalue weighted by atomic mass is 9.96. The second-order valence-electron chi connectivity index (χ2n) is 8.02. The molecule has 1 N–H and O–H groups in total. The van der Waals surface area contributed by atoms with Crippen LogP contribution in [0.3, 0.4) is 0 Å². The number of nitrogens with zero attached hydrogens (tertiary/aromatic N) is 1. The lowest BCUT2D eigenvalue weighted by molar-refractivity contribution is -0.121. The van der Waals surface area contributed by atoms with E-state index in [4.69, 9.17) is 9.47 Å². The highest BCUT2D eigenvalue weighted by Gasteiger charge is 2.26. The minimum absolute atomic E-state index is 0.0175. The Balaban J connectivity index is 1.29. The van der Waals surface area contributed by atoms with Crippen molar-refractivity contribution in [3.8, 4) is 5.75 Å². The molecule has 1 amide bonds. The molecule has 2 saturated heterocycles. The van der Waals surface area contributed by atoms with E-state index in [1.807, 2.05) is 30.3 Å². The van der Waals surface area contributed by atoms with Gasteiger partial charge in [0.2, 0.25) is 5.91 Å². The summed E-state index contributed by atoms with van der Waals surface area (Å²) < 4.78 is 11.5. The number of nitrogens with one attached hydrogen (secondary N) is 1. The third-order valence-electron chi connectivity index (χ3n) is 5.69. The summed E-state index contributed by atoms with van der Waals surface area (Å²) in [6, 6.07) is 18.1. The molecule has 5 heteroatoms. The average Bonchev–Trinajstić information content (AvgIpc) is 3.27. The molecule has 0 aromatic heterocycles. The van der Waals surface area contributed by atoms with Crippen LogP contribution in [0.4, 0.5) is 5.69 Å². The molecule has 5 nitrogen and oxygen atoms in total. The van der Waals surface area contributed by atoms with Crippen molar-refractivity contribution in [3.05, 3.63) is 60.2 Å². The first-order valence-corrected chi connectivity index (χ1v) is 10.7. The third-order valence-corrected chi connectivity index (χ3v) is 5.69. The second-order valence-corrected chi connectivity index (χ2v) is 8.02. The molecule has 2 aliphatic heterocycles. The maximum atomic E-state index is 12.8. The van der Waals surface area contributed by atoms with Gasteiger partial charge in [-0.05, 0) is 49.9 Å². The average molecular weight is 395 g/mol. The van der Waals surface area contributed by atoms with Crippen molar-refractivity contribution in [2.24, 2.45) is 5.92 Å². The third kappa shape index (κ3) is 5.81. The normalized spacial score (nSPS) is 22.3. The number of hydrogen-bond donors (Lipinski definition) is 1. The zero-order valence-corrected chi connectivity index (χ0v) is 16.9. The molecule has 2 heterocycles. The van der Waals surface area contributed by atoms with Gasteiger partial charge in [0.15, 0.2) is 0 Å². The van der Waals surface area contributed by atoms with Crippen molar-refractivity contribution in [1.29, 1.82) is 0 Å². The van der Waals surface area contributed by atoms with Gasteiger partial charge in [0, 0.05) is 31.5 Å². The van der Waals surface area contributed by atoms with Crippen LogP contribution in [-0.4, -0.2) is 43.2 Å². The van der Waals surface area contributed by atoms with E-state index in [9.17, 15) is 4.79 Å². The van der Waals surface area contributed by atoms with Crippen LogP contribution in [0.2, 0.25) is 0 Å². The second kappa shape index (κ2) is 9.90. The van der Waals surface area contributed by atoms with Gasteiger partial charge in [0.25, 0.3) is 0 Å². The standard InChI is InChI=1S/C24H30N2O3/c27-24(20-9-5-13-26(17-20)16-19-7-2-1-3-8-19)25-21-10-4-11-22(15-21)29-18-23-12-6-14-28-23/h1-4,7-8,10-11,15,20,23H,5-6,9,12-14,16-18H2,(H,25,27). The Morgan fingerprint density at radius 3 is 2.83 bits per heavy atom. The maximum Gasteiger partial charge on any atom is 0.228 e. The number of benzene rings is 2. The molecule has 0 aliphatic carbocycles. The van der Waals surface area contributed by atoms with Gasteiger partial charge in [0.05, 0.1) is 12.0 Å². The summed E-state index contributed by atoms with van der Waals surface area (Å²) in [5.41, 5.74) is 2.09. The van der Waals surface area contributed by atoms with E-state index in [1.54, 1.807) is 0 Å². The minimum atomic E-state index is 0.0175. The number of piperidine rings is 1. The Morgan fingerprint density at radius 1 is 1.10 bits per heavy atom. The van der Waals surface area contributed by atoms with Crippen LogP contribution in [0.1, 0.15) is 31.2 Å². The number of carbonyl (C=O) groups is 1. The Labute approximate surface area is 173 Å². The summed E-state index contributed by atoms with van der Waals surface area (Å²) in [5, 5.41) is 3.09. The summed E-state index contributed by atoms with van der Waals surface area (Å²) in [7, 11) is 0. The SMILES string of the molecule is O=C(Nc1cccc(OCC2CCCO2)c1)C1CCCN(Cc2ccccc2)C1. The van der Waals surface area contributed by atoms with E-state index >= 15 is 0 Å². The quantitative estimate of drug-likeness (QED) is 0.768. The molecule has 0 spiro atoms. The smallest absolute Gasteiger partial charge is 0.228 e. The van der Waals surface area contributed by atoms with Gasteiger partial charge in [-0.3, -0.25) is 9.69 Å².